The van der Waals surface area contributed by atoms with Gasteiger partial charge in [0.05, 0.1) is 6.10 Å². The molecule has 20 heavy (non-hydrogen) atoms. The number of carbonyl (C=O) groups is 1. The lowest BCUT2D eigenvalue weighted by Crippen LogP contribution is -2.07. The third-order valence-corrected chi connectivity index (χ3v) is 3.31. The lowest BCUT2D eigenvalue weighted by molar-refractivity contribution is 0.103. The van der Waals surface area contributed by atoms with E-state index in [1.807, 2.05) is 32.9 Å². The number of benzene rings is 2. The Hall–Kier alpha value is -1.80. The molecule has 0 fully saturated rings. The van der Waals surface area contributed by atoms with Crippen molar-refractivity contribution in [2.24, 2.45) is 0 Å². The molecule has 2 aromatic rings. The molecular formula is C17H17ClO2. The van der Waals surface area contributed by atoms with Crippen molar-refractivity contribution >= 4 is 17.4 Å². The summed E-state index contributed by atoms with van der Waals surface area (Å²) in [5.41, 5.74) is 2.14. The van der Waals surface area contributed by atoms with Gasteiger partial charge in [0.1, 0.15) is 5.75 Å². The minimum Gasteiger partial charge on any atom is -0.491 e. The summed E-state index contributed by atoms with van der Waals surface area (Å²) in [4.78, 5) is 12.4. The Bertz CT molecular complexity index is 633. The topological polar surface area (TPSA) is 26.3 Å². The van der Waals surface area contributed by atoms with Crippen molar-refractivity contribution in [2.75, 3.05) is 0 Å². The number of halogens is 1. The maximum Gasteiger partial charge on any atom is 0.193 e. The molecule has 0 heterocycles. The molecule has 0 saturated carbocycles. The van der Waals surface area contributed by atoms with Crippen LogP contribution < -0.4 is 4.74 Å². The van der Waals surface area contributed by atoms with E-state index >= 15 is 0 Å². The molecule has 2 aromatic carbocycles. The van der Waals surface area contributed by atoms with Crippen LogP contribution in [0.1, 0.15) is 35.3 Å². The van der Waals surface area contributed by atoms with Gasteiger partial charge in [-0.25, -0.2) is 0 Å². The summed E-state index contributed by atoms with van der Waals surface area (Å²) in [5.74, 6) is 0.676. The summed E-state index contributed by atoms with van der Waals surface area (Å²) in [7, 11) is 0. The minimum atomic E-state index is -0.0287. The average molecular weight is 289 g/mol. The van der Waals surface area contributed by atoms with Crippen LogP contribution in [-0.4, -0.2) is 11.9 Å². The molecular weight excluding hydrogens is 272 g/mol. The van der Waals surface area contributed by atoms with Gasteiger partial charge >= 0.3 is 0 Å². The van der Waals surface area contributed by atoms with Crippen LogP contribution in [0.5, 0.6) is 5.75 Å². The van der Waals surface area contributed by atoms with Crippen molar-refractivity contribution < 1.29 is 9.53 Å². The zero-order chi connectivity index (χ0) is 14.7. The minimum absolute atomic E-state index is 0.0287. The van der Waals surface area contributed by atoms with E-state index in [4.69, 9.17) is 16.3 Å². The molecule has 0 aliphatic carbocycles. The van der Waals surface area contributed by atoms with Crippen LogP contribution in [-0.2, 0) is 0 Å². The van der Waals surface area contributed by atoms with Gasteiger partial charge in [0.15, 0.2) is 5.78 Å². The number of carbonyl (C=O) groups excluding carboxylic acids is 1. The molecule has 2 nitrogen and oxygen atoms in total. The molecule has 0 aliphatic heterocycles. The maximum absolute atomic E-state index is 12.4. The molecule has 0 aliphatic rings. The van der Waals surface area contributed by atoms with Crippen LogP contribution in [0.15, 0.2) is 42.5 Å². The van der Waals surface area contributed by atoms with E-state index in [-0.39, 0.29) is 11.9 Å². The molecule has 3 heteroatoms. The van der Waals surface area contributed by atoms with Gasteiger partial charge in [0.25, 0.3) is 0 Å². The lowest BCUT2D eigenvalue weighted by Gasteiger charge is -2.10. The summed E-state index contributed by atoms with van der Waals surface area (Å²) < 4.78 is 5.61. The van der Waals surface area contributed by atoms with E-state index in [1.165, 1.54) is 0 Å². The van der Waals surface area contributed by atoms with E-state index in [9.17, 15) is 4.79 Å². The van der Waals surface area contributed by atoms with Crippen molar-refractivity contribution in [3.63, 3.8) is 0 Å². The van der Waals surface area contributed by atoms with Gasteiger partial charge in [-0.3, -0.25) is 4.79 Å². The Morgan fingerprint density at radius 3 is 2.45 bits per heavy atom. The molecule has 0 saturated heterocycles. The molecule has 0 bridgehead atoms. The van der Waals surface area contributed by atoms with Crippen molar-refractivity contribution in [1.29, 1.82) is 0 Å². The van der Waals surface area contributed by atoms with Gasteiger partial charge in [0, 0.05) is 16.1 Å². The first kappa shape index (κ1) is 14.6. The number of aryl methyl sites for hydroxylation is 1. The third-order valence-electron chi connectivity index (χ3n) is 2.89. The van der Waals surface area contributed by atoms with Gasteiger partial charge in [0.2, 0.25) is 0 Å². The highest BCUT2D eigenvalue weighted by atomic mass is 35.5. The first-order chi connectivity index (χ1) is 9.47. The fourth-order valence-electron chi connectivity index (χ4n) is 1.94. The molecule has 0 aromatic heterocycles. The Morgan fingerprint density at radius 1 is 1.10 bits per heavy atom. The maximum atomic E-state index is 12.4. The van der Waals surface area contributed by atoms with Crippen LogP contribution in [0.4, 0.5) is 0 Å². The number of hydrogen-bond acceptors (Lipinski definition) is 2. The average Bonchev–Trinajstić information content (AvgIpc) is 2.40. The van der Waals surface area contributed by atoms with E-state index in [0.29, 0.717) is 21.9 Å². The highest BCUT2D eigenvalue weighted by molar-refractivity contribution is 6.31. The smallest absolute Gasteiger partial charge is 0.193 e. The zero-order valence-corrected chi connectivity index (χ0v) is 12.6. The first-order valence-corrected chi connectivity index (χ1v) is 6.92. The monoisotopic (exact) mass is 288 g/mol. The predicted molar refractivity (Wildman–Crippen MR) is 81.8 cm³/mol. The molecule has 0 unspecified atom stereocenters. The third kappa shape index (κ3) is 3.40. The summed E-state index contributed by atoms with van der Waals surface area (Å²) in [6.45, 7) is 5.80. The van der Waals surface area contributed by atoms with E-state index in [1.54, 1.807) is 30.3 Å². The van der Waals surface area contributed by atoms with E-state index < -0.39 is 0 Å². The molecule has 104 valence electrons. The number of rotatable bonds is 4. The zero-order valence-electron chi connectivity index (χ0n) is 11.8. The van der Waals surface area contributed by atoms with E-state index in [0.717, 1.165) is 5.56 Å². The van der Waals surface area contributed by atoms with Crippen LogP contribution in [0.25, 0.3) is 0 Å². The Kier molecular flexibility index (Phi) is 4.46. The molecule has 0 radical (unpaired) electrons. The summed E-state index contributed by atoms with van der Waals surface area (Å²) in [5, 5.41) is 0.665. The quantitative estimate of drug-likeness (QED) is 0.765. The molecule has 2 rings (SSSR count). The van der Waals surface area contributed by atoms with Crippen molar-refractivity contribution in [2.45, 2.75) is 26.9 Å². The highest BCUT2D eigenvalue weighted by Gasteiger charge is 2.11. The molecule has 0 amide bonds. The van der Waals surface area contributed by atoms with Gasteiger partial charge in [-0.1, -0.05) is 23.7 Å². The van der Waals surface area contributed by atoms with Crippen LogP contribution >= 0.6 is 11.6 Å². The second-order valence-corrected chi connectivity index (χ2v) is 5.39. The normalized spacial score (nSPS) is 10.7. The van der Waals surface area contributed by atoms with Gasteiger partial charge in [-0.05, 0) is 56.7 Å². The fourth-order valence-corrected chi connectivity index (χ4v) is 2.05. The molecule has 0 N–H and O–H groups in total. The lowest BCUT2D eigenvalue weighted by atomic mass is 10.0. The van der Waals surface area contributed by atoms with Crippen molar-refractivity contribution in [3.8, 4) is 5.75 Å². The second kappa shape index (κ2) is 6.10. The van der Waals surface area contributed by atoms with Crippen LogP contribution in [0.2, 0.25) is 5.02 Å². The Balaban J connectivity index is 2.30. The molecule has 0 atom stereocenters. The highest BCUT2D eigenvalue weighted by Crippen LogP contribution is 2.21. The van der Waals surface area contributed by atoms with Gasteiger partial charge in [-0.15, -0.1) is 0 Å². The van der Waals surface area contributed by atoms with Crippen LogP contribution in [0, 0.1) is 6.92 Å². The molecule has 0 spiro atoms. The summed E-state index contributed by atoms with van der Waals surface area (Å²) >= 11 is 5.98. The number of ketones is 1. The number of ether oxygens (including phenoxy) is 1. The first-order valence-electron chi connectivity index (χ1n) is 6.55. The second-order valence-electron chi connectivity index (χ2n) is 4.99. The van der Waals surface area contributed by atoms with Crippen molar-refractivity contribution in [3.05, 3.63) is 64.2 Å². The Morgan fingerprint density at radius 2 is 1.80 bits per heavy atom. The largest absolute Gasteiger partial charge is 0.491 e. The summed E-state index contributed by atoms with van der Waals surface area (Å²) in [6.07, 6.45) is 0.0816. The standard InChI is InChI=1S/C17H17ClO2/c1-11(2)20-15-6-4-5-13(10-15)17(19)14-7-8-16(18)12(3)9-14/h4-11H,1-3H3. The summed E-state index contributed by atoms with van der Waals surface area (Å²) in [6, 6.07) is 12.5. The SMILES string of the molecule is Cc1cc(C(=O)c2cccc(OC(C)C)c2)ccc1Cl. The fraction of sp³-hybridized carbons (Fsp3) is 0.235. The van der Waals surface area contributed by atoms with Crippen molar-refractivity contribution in [1.82, 2.24) is 0 Å². The Labute approximate surface area is 124 Å². The van der Waals surface area contributed by atoms with Gasteiger partial charge in [-0.2, -0.15) is 0 Å². The predicted octanol–water partition coefficient (Wildman–Crippen LogP) is 4.67. The van der Waals surface area contributed by atoms with Crippen LogP contribution in [0.3, 0.4) is 0 Å². The number of hydrogen-bond donors (Lipinski definition) is 0. The van der Waals surface area contributed by atoms with E-state index in [2.05, 4.69) is 0 Å². The van der Waals surface area contributed by atoms with Gasteiger partial charge < -0.3 is 4.74 Å².